The summed E-state index contributed by atoms with van der Waals surface area (Å²) in [4.78, 5) is 29.3. The van der Waals surface area contributed by atoms with Gasteiger partial charge in [0.1, 0.15) is 17.5 Å². The quantitative estimate of drug-likeness (QED) is 0.518. The number of hydrogen-bond acceptors (Lipinski definition) is 5. The van der Waals surface area contributed by atoms with Crippen molar-refractivity contribution in [3.05, 3.63) is 93.9 Å². The topological polar surface area (TPSA) is 106 Å². The van der Waals surface area contributed by atoms with Crippen LogP contribution in [0.2, 0.25) is 0 Å². The van der Waals surface area contributed by atoms with Gasteiger partial charge in [-0.3, -0.25) is 14.2 Å². The lowest BCUT2D eigenvalue weighted by Crippen LogP contribution is -2.27. The van der Waals surface area contributed by atoms with E-state index in [9.17, 15) is 14.0 Å². The van der Waals surface area contributed by atoms with E-state index in [2.05, 4.69) is 15.4 Å². The molecule has 4 rings (SSSR count). The van der Waals surface area contributed by atoms with Crippen LogP contribution < -0.4 is 10.9 Å². The monoisotopic (exact) mass is 416 g/mol. The van der Waals surface area contributed by atoms with Crippen molar-refractivity contribution in [2.75, 3.05) is 6.54 Å². The average molecular weight is 416 g/mol. The van der Waals surface area contributed by atoms with Crippen molar-refractivity contribution in [2.24, 2.45) is 0 Å². The maximum Gasteiger partial charge on any atom is 0.264 e. The normalized spacial score (nSPS) is 10.7. The molecule has 8 nitrogen and oxygen atoms in total. The summed E-state index contributed by atoms with van der Waals surface area (Å²) in [5.41, 5.74) is 1.75. The van der Waals surface area contributed by atoms with E-state index in [4.69, 9.17) is 5.26 Å². The fourth-order valence-corrected chi connectivity index (χ4v) is 3.17. The van der Waals surface area contributed by atoms with Gasteiger partial charge < -0.3 is 5.32 Å². The van der Waals surface area contributed by atoms with Crippen LogP contribution in [0, 0.1) is 17.1 Å². The summed E-state index contributed by atoms with van der Waals surface area (Å²) in [6.45, 7) is 0.861. The molecule has 0 aliphatic heterocycles. The number of benzene rings is 2. The number of aromatic nitrogens is 4. The Morgan fingerprint density at radius 1 is 1.19 bits per heavy atom. The molecule has 2 aromatic heterocycles. The Hall–Kier alpha value is -4.32. The Morgan fingerprint density at radius 3 is 2.77 bits per heavy atom. The van der Waals surface area contributed by atoms with Gasteiger partial charge in [0.15, 0.2) is 5.65 Å². The summed E-state index contributed by atoms with van der Waals surface area (Å²) in [5, 5.41) is 16.3. The number of rotatable bonds is 6. The molecule has 0 atom stereocenters. The van der Waals surface area contributed by atoms with E-state index in [1.165, 1.54) is 35.3 Å². The molecule has 2 heterocycles. The van der Waals surface area contributed by atoms with Gasteiger partial charge in [0.05, 0.1) is 30.9 Å². The summed E-state index contributed by atoms with van der Waals surface area (Å²) < 4.78 is 16.0. The van der Waals surface area contributed by atoms with Crippen LogP contribution in [-0.4, -0.2) is 31.8 Å². The highest BCUT2D eigenvalue weighted by molar-refractivity contribution is 5.94. The molecule has 154 valence electrons. The lowest BCUT2D eigenvalue weighted by atomic mass is 10.1. The number of nitriles is 1. The van der Waals surface area contributed by atoms with Crippen LogP contribution in [0.4, 0.5) is 4.39 Å². The van der Waals surface area contributed by atoms with Crippen LogP contribution in [0.3, 0.4) is 0 Å². The van der Waals surface area contributed by atoms with Crippen molar-refractivity contribution < 1.29 is 9.18 Å². The van der Waals surface area contributed by atoms with Crippen molar-refractivity contribution in [3.8, 4) is 6.07 Å². The average Bonchev–Trinajstić information content (AvgIpc) is 3.21. The number of amides is 1. The van der Waals surface area contributed by atoms with Crippen molar-refractivity contribution in [3.63, 3.8) is 0 Å². The first-order valence-electron chi connectivity index (χ1n) is 9.49. The van der Waals surface area contributed by atoms with Gasteiger partial charge in [-0.15, -0.1) is 0 Å². The molecule has 2 aromatic carbocycles. The first kappa shape index (κ1) is 20.0. The summed E-state index contributed by atoms with van der Waals surface area (Å²) in [7, 11) is 0. The van der Waals surface area contributed by atoms with Gasteiger partial charge in [0, 0.05) is 12.1 Å². The van der Waals surface area contributed by atoms with Crippen molar-refractivity contribution >= 4 is 16.9 Å². The minimum atomic E-state index is -0.337. The van der Waals surface area contributed by atoms with Gasteiger partial charge >= 0.3 is 0 Å². The van der Waals surface area contributed by atoms with Gasteiger partial charge in [0.2, 0.25) is 0 Å². The Kier molecular flexibility index (Phi) is 5.53. The molecule has 1 N–H and O–H groups in total. The second-order valence-electron chi connectivity index (χ2n) is 6.86. The molecular formula is C22H17FN6O2. The number of carbonyl (C=O) groups is 1. The molecule has 9 heteroatoms. The van der Waals surface area contributed by atoms with Crippen molar-refractivity contribution in [2.45, 2.75) is 13.1 Å². The minimum absolute atomic E-state index is 0.252. The van der Waals surface area contributed by atoms with Gasteiger partial charge in [-0.2, -0.15) is 10.4 Å². The van der Waals surface area contributed by atoms with E-state index in [0.717, 1.165) is 5.56 Å². The molecule has 0 aliphatic carbocycles. The predicted octanol–water partition coefficient (Wildman–Crippen LogP) is 2.08. The van der Waals surface area contributed by atoms with Crippen LogP contribution in [0.25, 0.3) is 11.0 Å². The lowest BCUT2D eigenvalue weighted by molar-refractivity contribution is 0.0952. The fraction of sp³-hybridized carbons (Fsp3) is 0.136. The van der Waals surface area contributed by atoms with E-state index in [1.54, 1.807) is 35.0 Å². The number of halogens is 1. The molecule has 0 fully saturated rings. The maximum absolute atomic E-state index is 13.1. The zero-order chi connectivity index (χ0) is 21.8. The Balaban J connectivity index is 1.45. The number of nitrogens with one attached hydrogen (secondary N) is 1. The lowest BCUT2D eigenvalue weighted by Gasteiger charge is -2.08. The summed E-state index contributed by atoms with van der Waals surface area (Å²) in [5.74, 6) is -0.640. The van der Waals surface area contributed by atoms with E-state index in [0.29, 0.717) is 28.7 Å². The van der Waals surface area contributed by atoms with Crippen molar-refractivity contribution in [1.82, 2.24) is 24.6 Å². The molecular weight excluding hydrogens is 399 g/mol. The van der Waals surface area contributed by atoms with Crippen LogP contribution in [0.15, 0.2) is 65.8 Å². The molecule has 0 spiro atoms. The van der Waals surface area contributed by atoms with Gasteiger partial charge in [-0.25, -0.2) is 14.1 Å². The van der Waals surface area contributed by atoms with Crippen molar-refractivity contribution in [1.29, 1.82) is 5.26 Å². The zero-order valence-corrected chi connectivity index (χ0v) is 16.3. The van der Waals surface area contributed by atoms with E-state index in [1.807, 2.05) is 6.07 Å². The number of fused-ring (bicyclic) bond motifs is 1. The smallest absolute Gasteiger partial charge is 0.264 e. The number of hydrogen-bond donors (Lipinski definition) is 1. The van der Waals surface area contributed by atoms with E-state index in [-0.39, 0.29) is 30.4 Å². The fourth-order valence-electron chi connectivity index (χ4n) is 3.17. The summed E-state index contributed by atoms with van der Waals surface area (Å²) in [6.07, 6.45) is 2.88. The van der Waals surface area contributed by atoms with Crippen LogP contribution >= 0.6 is 0 Å². The molecule has 0 aliphatic rings. The molecule has 0 saturated heterocycles. The number of nitrogens with zero attached hydrogens (tertiary/aromatic N) is 5. The van der Waals surface area contributed by atoms with E-state index >= 15 is 0 Å². The standard InChI is InChI=1S/C22H17FN6O2/c23-18-6-4-15(5-7-18)13-28-14-26-20-19(22(28)31)12-27-29(20)9-8-25-21(30)17-3-1-2-16(10-17)11-24/h1-7,10,12,14H,8-9,13H2,(H,25,30). The second-order valence-corrected chi connectivity index (χ2v) is 6.86. The Bertz CT molecular complexity index is 1350. The molecule has 4 aromatic rings. The third-order valence-corrected chi connectivity index (χ3v) is 4.75. The van der Waals surface area contributed by atoms with Crippen LogP contribution in [-0.2, 0) is 13.1 Å². The number of carbonyl (C=O) groups excluding carboxylic acids is 1. The SMILES string of the molecule is N#Cc1cccc(C(=O)NCCn2ncc3c(=O)n(Cc4ccc(F)cc4)cnc32)c1. The van der Waals surface area contributed by atoms with Gasteiger partial charge in [-0.05, 0) is 35.9 Å². The third-order valence-electron chi connectivity index (χ3n) is 4.75. The summed E-state index contributed by atoms with van der Waals surface area (Å²) >= 11 is 0. The molecule has 0 bridgehead atoms. The van der Waals surface area contributed by atoms with E-state index < -0.39 is 0 Å². The van der Waals surface area contributed by atoms with Gasteiger partial charge in [0.25, 0.3) is 11.5 Å². The molecule has 31 heavy (non-hydrogen) atoms. The third kappa shape index (κ3) is 4.33. The second kappa shape index (κ2) is 8.59. The van der Waals surface area contributed by atoms with Crippen LogP contribution in [0.5, 0.6) is 0 Å². The Morgan fingerprint density at radius 2 is 2.00 bits per heavy atom. The highest BCUT2D eigenvalue weighted by atomic mass is 19.1. The first-order chi connectivity index (χ1) is 15.0. The maximum atomic E-state index is 13.1. The molecule has 0 unspecified atom stereocenters. The van der Waals surface area contributed by atoms with Gasteiger partial charge in [-0.1, -0.05) is 18.2 Å². The Labute approximate surface area is 176 Å². The molecule has 0 saturated carbocycles. The largest absolute Gasteiger partial charge is 0.350 e. The van der Waals surface area contributed by atoms with Crippen LogP contribution in [0.1, 0.15) is 21.5 Å². The zero-order valence-electron chi connectivity index (χ0n) is 16.3. The molecule has 1 amide bonds. The predicted molar refractivity (Wildman–Crippen MR) is 111 cm³/mol. The highest BCUT2D eigenvalue weighted by Crippen LogP contribution is 2.08. The first-order valence-corrected chi connectivity index (χ1v) is 9.49. The molecule has 0 radical (unpaired) electrons. The minimum Gasteiger partial charge on any atom is -0.350 e. The summed E-state index contributed by atoms with van der Waals surface area (Å²) in [6, 6.07) is 14.3. The highest BCUT2D eigenvalue weighted by Gasteiger charge is 2.11.